The summed E-state index contributed by atoms with van der Waals surface area (Å²) in [7, 11) is -1.54. The van der Waals surface area contributed by atoms with Crippen molar-refractivity contribution in [3.05, 3.63) is 0 Å². The fraction of sp³-hybridized carbons (Fsp3) is 1.00. The Bertz CT molecular complexity index is 141. The van der Waals surface area contributed by atoms with Gasteiger partial charge in [-0.05, 0) is 27.0 Å². The Morgan fingerprint density at radius 3 is 1.41 bits per heavy atom. The highest BCUT2D eigenvalue weighted by atomic mass is 31.1. The lowest BCUT2D eigenvalue weighted by Gasteiger charge is -2.27. The highest BCUT2D eigenvalue weighted by molar-refractivity contribution is 7.52. The van der Waals surface area contributed by atoms with Gasteiger partial charge in [0.05, 0.1) is 0 Å². The molecular formula is C9H32B3O4P. The molecule has 1 fully saturated rings. The minimum atomic E-state index is -0.565. The van der Waals surface area contributed by atoms with Crippen molar-refractivity contribution in [1.29, 1.82) is 0 Å². The molecule has 1 heterocycles. The van der Waals surface area contributed by atoms with Gasteiger partial charge < -0.3 is 18.2 Å². The third-order valence-electron chi connectivity index (χ3n) is 1.29. The molecule has 0 aromatic rings. The molecule has 4 nitrogen and oxygen atoms in total. The van der Waals surface area contributed by atoms with Crippen LogP contribution in [-0.4, -0.2) is 34.9 Å². The van der Waals surface area contributed by atoms with E-state index in [4.69, 9.17) is 18.2 Å². The van der Waals surface area contributed by atoms with Crippen molar-refractivity contribution in [1.82, 2.24) is 0 Å². The monoisotopic (exact) mass is 268 g/mol. The van der Waals surface area contributed by atoms with Gasteiger partial charge in [-0.25, -0.2) is 0 Å². The molecule has 0 bridgehead atoms. The van der Waals surface area contributed by atoms with Crippen LogP contribution in [0, 0.1) is 0 Å². The smallest absolute Gasteiger partial charge is 0.453 e. The van der Waals surface area contributed by atoms with Crippen LogP contribution in [0.3, 0.4) is 0 Å². The first-order chi connectivity index (χ1) is 5.58. The summed E-state index contributed by atoms with van der Waals surface area (Å²) in [6, 6.07) is 0. The maximum Gasteiger partial charge on any atom is 0.614 e. The van der Waals surface area contributed by atoms with E-state index in [1.807, 2.05) is 27.0 Å². The zero-order valence-corrected chi connectivity index (χ0v) is 8.71. The van der Waals surface area contributed by atoms with Gasteiger partial charge >= 0.3 is 21.6 Å². The van der Waals surface area contributed by atoms with Crippen molar-refractivity contribution < 1.29 is 18.2 Å². The second-order valence-electron chi connectivity index (χ2n) is 2.75. The van der Waals surface area contributed by atoms with Crippen molar-refractivity contribution >= 4 is 29.7 Å². The molecule has 8 heteroatoms. The van der Waals surface area contributed by atoms with Crippen molar-refractivity contribution in [3.8, 4) is 0 Å². The van der Waals surface area contributed by atoms with Gasteiger partial charge in [0.15, 0.2) is 0 Å². The van der Waals surface area contributed by atoms with Gasteiger partial charge in [-0.3, -0.25) is 0 Å². The lowest BCUT2D eigenvalue weighted by atomic mass is 9.79. The molecule has 0 spiro atoms. The first kappa shape index (κ1) is 30.5. The Hall–Kier alpha value is 0.465. The largest absolute Gasteiger partial charge is 0.614 e. The molecule has 106 valence electrons. The summed E-state index contributed by atoms with van der Waals surface area (Å²) in [4.78, 5) is 0. The predicted molar refractivity (Wildman–Crippen MR) is 85.8 cm³/mol. The van der Waals surface area contributed by atoms with E-state index >= 15 is 0 Å². The van der Waals surface area contributed by atoms with Crippen LogP contribution < -0.4 is 0 Å². The number of rotatable bonds is 2. The van der Waals surface area contributed by atoms with Crippen molar-refractivity contribution in [2.45, 2.75) is 50.8 Å². The molecule has 1 aliphatic heterocycles. The van der Waals surface area contributed by atoms with E-state index in [-0.39, 0.29) is 51.4 Å². The standard InChI is InChI=1S/C4H12B3O4P.5CH4/c1-5-8-6(2)10-7(9-5)11-12(3)4;;;;;/h1-4H3;5*1H4. The van der Waals surface area contributed by atoms with Crippen LogP contribution in [0.5, 0.6) is 0 Å². The first-order valence-corrected chi connectivity index (χ1v) is 6.04. The first-order valence-electron chi connectivity index (χ1n) is 3.88. The van der Waals surface area contributed by atoms with Gasteiger partial charge in [-0.15, -0.1) is 0 Å². The Morgan fingerprint density at radius 2 is 1.12 bits per heavy atom. The molecule has 0 N–H and O–H groups in total. The van der Waals surface area contributed by atoms with Crippen LogP contribution >= 0.6 is 8.15 Å². The average molecular weight is 268 g/mol. The summed E-state index contributed by atoms with van der Waals surface area (Å²) in [6.07, 6.45) is 0. The molecule has 0 aromatic carbocycles. The minimum absolute atomic E-state index is 0. The average Bonchev–Trinajstić information content (AvgIpc) is 1.81. The highest BCUT2D eigenvalue weighted by Crippen LogP contribution is 2.28. The van der Waals surface area contributed by atoms with Gasteiger partial charge in [-0.1, -0.05) is 37.1 Å². The molecule has 0 aliphatic carbocycles. The molecule has 0 saturated carbocycles. The molecule has 1 saturated heterocycles. The van der Waals surface area contributed by atoms with Gasteiger partial charge in [0.1, 0.15) is 0 Å². The molecule has 0 atom stereocenters. The topological polar surface area (TPSA) is 36.9 Å². The van der Waals surface area contributed by atoms with E-state index in [1.54, 1.807) is 0 Å². The summed E-state index contributed by atoms with van der Waals surface area (Å²) in [5.41, 5.74) is 0. The maximum atomic E-state index is 5.37. The molecule has 0 amide bonds. The molecule has 0 radical (unpaired) electrons. The molecular weight excluding hydrogens is 236 g/mol. The Labute approximate surface area is 112 Å². The third kappa shape index (κ3) is 12.7. The summed E-state index contributed by atoms with van der Waals surface area (Å²) in [5, 5.41) is 0. The van der Waals surface area contributed by atoms with Crippen molar-refractivity contribution in [3.63, 3.8) is 0 Å². The van der Waals surface area contributed by atoms with Crippen molar-refractivity contribution in [2.24, 2.45) is 0 Å². The fourth-order valence-corrected chi connectivity index (χ4v) is 1.34. The Kier molecular flexibility index (Phi) is 26.0. The van der Waals surface area contributed by atoms with Gasteiger partial charge in [0.2, 0.25) is 0 Å². The Morgan fingerprint density at radius 1 is 0.765 bits per heavy atom. The van der Waals surface area contributed by atoms with Crippen LogP contribution in [-0.2, 0) is 18.2 Å². The lowest BCUT2D eigenvalue weighted by molar-refractivity contribution is 0.234. The summed E-state index contributed by atoms with van der Waals surface area (Å²) in [5.74, 6) is 0. The van der Waals surface area contributed by atoms with Gasteiger partial charge in [0.25, 0.3) is 0 Å². The number of hydrogen-bond acceptors (Lipinski definition) is 4. The van der Waals surface area contributed by atoms with Crippen LogP contribution in [0.2, 0.25) is 13.6 Å². The van der Waals surface area contributed by atoms with E-state index in [1.165, 1.54) is 0 Å². The highest BCUT2D eigenvalue weighted by Gasteiger charge is 2.38. The van der Waals surface area contributed by atoms with E-state index in [9.17, 15) is 0 Å². The normalized spacial score (nSPS) is 13.6. The second kappa shape index (κ2) is 14.5. The quantitative estimate of drug-likeness (QED) is 0.557. The van der Waals surface area contributed by atoms with E-state index in [2.05, 4.69) is 0 Å². The van der Waals surface area contributed by atoms with Gasteiger partial charge in [0, 0.05) is 8.15 Å². The van der Waals surface area contributed by atoms with Crippen LogP contribution in [0.1, 0.15) is 37.1 Å². The molecule has 17 heavy (non-hydrogen) atoms. The number of hydrogen-bond donors (Lipinski definition) is 0. The summed E-state index contributed by atoms with van der Waals surface area (Å²) in [6.45, 7) is 7.63. The summed E-state index contributed by atoms with van der Waals surface area (Å²) < 4.78 is 21.0. The van der Waals surface area contributed by atoms with E-state index in [0.717, 1.165) is 0 Å². The molecule has 1 aliphatic rings. The zero-order chi connectivity index (χ0) is 9.14. The summed E-state index contributed by atoms with van der Waals surface area (Å²) >= 11 is 0. The van der Waals surface area contributed by atoms with Crippen LogP contribution in [0.25, 0.3) is 0 Å². The van der Waals surface area contributed by atoms with Gasteiger partial charge in [-0.2, -0.15) is 0 Å². The molecule has 0 aromatic heterocycles. The third-order valence-corrected chi connectivity index (χ3v) is 1.88. The predicted octanol–water partition coefficient (Wildman–Crippen LogP) is 4.12. The van der Waals surface area contributed by atoms with Crippen LogP contribution in [0.4, 0.5) is 0 Å². The maximum absolute atomic E-state index is 5.37. The van der Waals surface area contributed by atoms with E-state index in [0.29, 0.717) is 0 Å². The Balaban J connectivity index is -0.0000000960. The molecule has 0 unspecified atom stereocenters. The fourth-order valence-electron chi connectivity index (χ4n) is 0.901. The van der Waals surface area contributed by atoms with Crippen molar-refractivity contribution in [2.75, 3.05) is 13.3 Å². The molecule has 1 rings (SSSR count). The second-order valence-corrected chi connectivity index (χ2v) is 4.59. The van der Waals surface area contributed by atoms with E-state index < -0.39 is 15.5 Å². The SMILES string of the molecule is C.C.C.C.C.CB1OB(C)OB(OP(C)C)O1. The zero-order valence-electron chi connectivity index (χ0n) is 7.81. The van der Waals surface area contributed by atoms with Crippen LogP contribution in [0.15, 0.2) is 0 Å². The lowest BCUT2D eigenvalue weighted by Crippen LogP contribution is -2.47. The minimum Gasteiger partial charge on any atom is -0.453 e.